The molecule has 1 aromatic rings. The third-order valence-electron chi connectivity index (χ3n) is 3.82. The van der Waals surface area contributed by atoms with E-state index in [0.717, 1.165) is 24.7 Å². The SMILES string of the molecule is CC1CCC(CN)(Nc2nccn2C)CC1. The zero-order valence-corrected chi connectivity index (χ0v) is 10.2. The van der Waals surface area contributed by atoms with Crippen LogP contribution < -0.4 is 11.1 Å². The molecule has 1 aliphatic carbocycles. The predicted octanol–water partition coefficient (Wildman–Crippen LogP) is 1.74. The highest BCUT2D eigenvalue weighted by molar-refractivity contribution is 5.31. The number of aromatic nitrogens is 2. The first-order chi connectivity index (χ1) is 7.65. The maximum absolute atomic E-state index is 5.95. The van der Waals surface area contributed by atoms with Crippen LogP contribution in [0.4, 0.5) is 5.95 Å². The summed E-state index contributed by atoms with van der Waals surface area (Å²) in [5, 5.41) is 3.54. The van der Waals surface area contributed by atoms with Crippen molar-refractivity contribution in [2.75, 3.05) is 11.9 Å². The van der Waals surface area contributed by atoms with Crippen LogP contribution in [0.3, 0.4) is 0 Å². The van der Waals surface area contributed by atoms with Gasteiger partial charge in [-0.3, -0.25) is 0 Å². The summed E-state index contributed by atoms with van der Waals surface area (Å²) in [6.45, 7) is 3.01. The number of rotatable bonds is 3. The maximum Gasteiger partial charge on any atom is 0.202 e. The summed E-state index contributed by atoms with van der Waals surface area (Å²) in [7, 11) is 2.00. The van der Waals surface area contributed by atoms with Crippen LogP contribution in [0.5, 0.6) is 0 Å². The molecule has 1 heterocycles. The first-order valence-corrected chi connectivity index (χ1v) is 6.11. The molecule has 4 heteroatoms. The molecule has 2 rings (SSSR count). The number of anilines is 1. The Morgan fingerprint density at radius 1 is 1.56 bits per heavy atom. The molecule has 0 saturated heterocycles. The van der Waals surface area contributed by atoms with Crippen molar-refractivity contribution in [3.63, 3.8) is 0 Å². The maximum atomic E-state index is 5.95. The van der Waals surface area contributed by atoms with Crippen molar-refractivity contribution in [1.82, 2.24) is 9.55 Å². The smallest absolute Gasteiger partial charge is 0.202 e. The number of nitrogens with zero attached hydrogens (tertiary/aromatic N) is 2. The Balaban J connectivity index is 2.08. The molecule has 0 aromatic carbocycles. The predicted molar refractivity (Wildman–Crippen MR) is 66.2 cm³/mol. The van der Waals surface area contributed by atoms with Gasteiger partial charge in [0.1, 0.15) is 0 Å². The van der Waals surface area contributed by atoms with Gasteiger partial charge in [-0.2, -0.15) is 0 Å². The lowest BCUT2D eigenvalue weighted by molar-refractivity contribution is 0.270. The van der Waals surface area contributed by atoms with Gasteiger partial charge in [0.2, 0.25) is 5.95 Å². The summed E-state index contributed by atoms with van der Waals surface area (Å²) in [5.74, 6) is 1.77. The van der Waals surface area contributed by atoms with Crippen molar-refractivity contribution in [3.05, 3.63) is 12.4 Å². The van der Waals surface area contributed by atoms with E-state index in [1.165, 1.54) is 12.8 Å². The monoisotopic (exact) mass is 222 g/mol. The average Bonchev–Trinajstić information content (AvgIpc) is 2.68. The van der Waals surface area contributed by atoms with Crippen molar-refractivity contribution >= 4 is 5.95 Å². The second-order valence-corrected chi connectivity index (χ2v) is 5.15. The molecule has 0 unspecified atom stereocenters. The Morgan fingerprint density at radius 3 is 2.75 bits per heavy atom. The van der Waals surface area contributed by atoms with Crippen LogP contribution in [0, 0.1) is 5.92 Å². The molecule has 0 atom stereocenters. The largest absolute Gasteiger partial charge is 0.349 e. The second-order valence-electron chi connectivity index (χ2n) is 5.15. The van der Waals surface area contributed by atoms with Gasteiger partial charge in [-0.25, -0.2) is 4.98 Å². The lowest BCUT2D eigenvalue weighted by Crippen LogP contribution is -2.48. The Morgan fingerprint density at radius 2 is 2.25 bits per heavy atom. The van der Waals surface area contributed by atoms with Crippen LogP contribution in [0.15, 0.2) is 12.4 Å². The van der Waals surface area contributed by atoms with E-state index in [9.17, 15) is 0 Å². The minimum Gasteiger partial charge on any atom is -0.349 e. The topological polar surface area (TPSA) is 55.9 Å². The number of hydrogen-bond acceptors (Lipinski definition) is 3. The number of nitrogens with one attached hydrogen (secondary N) is 1. The van der Waals surface area contributed by atoms with Crippen LogP contribution in [-0.2, 0) is 7.05 Å². The molecule has 1 fully saturated rings. The summed E-state index contributed by atoms with van der Waals surface area (Å²) >= 11 is 0. The lowest BCUT2D eigenvalue weighted by Gasteiger charge is -2.39. The van der Waals surface area contributed by atoms with Gasteiger partial charge >= 0.3 is 0 Å². The van der Waals surface area contributed by atoms with Gasteiger partial charge in [0.15, 0.2) is 0 Å². The van der Waals surface area contributed by atoms with Gasteiger partial charge in [0.25, 0.3) is 0 Å². The standard InChI is InChI=1S/C12H22N4/c1-10-3-5-12(9-13,6-4-10)15-11-14-7-8-16(11)2/h7-8,10H,3-6,9,13H2,1-2H3,(H,14,15). The van der Waals surface area contributed by atoms with Crippen molar-refractivity contribution < 1.29 is 0 Å². The van der Waals surface area contributed by atoms with Crippen LogP contribution in [0.2, 0.25) is 0 Å². The van der Waals surface area contributed by atoms with Crippen LogP contribution in [0.1, 0.15) is 32.6 Å². The zero-order chi connectivity index (χ0) is 11.6. The highest BCUT2D eigenvalue weighted by Gasteiger charge is 2.33. The summed E-state index contributed by atoms with van der Waals surface area (Å²) in [6.07, 6.45) is 8.59. The van der Waals surface area contributed by atoms with E-state index in [2.05, 4.69) is 17.2 Å². The summed E-state index contributed by atoms with van der Waals surface area (Å²) in [4.78, 5) is 4.32. The molecule has 3 N–H and O–H groups in total. The summed E-state index contributed by atoms with van der Waals surface area (Å²) < 4.78 is 2.01. The molecule has 0 spiro atoms. The summed E-state index contributed by atoms with van der Waals surface area (Å²) in [5.41, 5.74) is 6.01. The van der Waals surface area contributed by atoms with Crippen LogP contribution >= 0.6 is 0 Å². The molecular weight excluding hydrogens is 200 g/mol. The van der Waals surface area contributed by atoms with Gasteiger partial charge in [-0.05, 0) is 31.6 Å². The fourth-order valence-corrected chi connectivity index (χ4v) is 2.42. The first kappa shape index (κ1) is 11.5. The van der Waals surface area contributed by atoms with Crippen molar-refractivity contribution in [2.24, 2.45) is 18.7 Å². The van der Waals surface area contributed by atoms with E-state index >= 15 is 0 Å². The van der Waals surface area contributed by atoms with Gasteiger partial charge in [-0.15, -0.1) is 0 Å². The molecule has 1 aromatic heterocycles. The molecule has 4 nitrogen and oxygen atoms in total. The molecule has 0 radical (unpaired) electrons. The van der Waals surface area contributed by atoms with E-state index < -0.39 is 0 Å². The Labute approximate surface area is 97.2 Å². The molecule has 16 heavy (non-hydrogen) atoms. The van der Waals surface area contributed by atoms with E-state index in [0.29, 0.717) is 6.54 Å². The fourth-order valence-electron chi connectivity index (χ4n) is 2.42. The van der Waals surface area contributed by atoms with E-state index in [4.69, 9.17) is 5.73 Å². The molecule has 0 bridgehead atoms. The lowest BCUT2D eigenvalue weighted by atomic mass is 9.77. The molecule has 1 saturated carbocycles. The number of imidazole rings is 1. The number of aryl methyl sites for hydroxylation is 1. The van der Waals surface area contributed by atoms with Crippen molar-refractivity contribution in [1.29, 1.82) is 0 Å². The van der Waals surface area contributed by atoms with Crippen LogP contribution in [0.25, 0.3) is 0 Å². The van der Waals surface area contributed by atoms with Crippen molar-refractivity contribution in [2.45, 2.75) is 38.1 Å². The molecule has 0 aliphatic heterocycles. The van der Waals surface area contributed by atoms with E-state index in [1.807, 2.05) is 24.0 Å². The Bertz CT molecular complexity index is 337. The fraction of sp³-hybridized carbons (Fsp3) is 0.750. The second kappa shape index (κ2) is 4.45. The normalized spacial score (nSPS) is 30.3. The highest BCUT2D eigenvalue weighted by atomic mass is 15.2. The highest BCUT2D eigenvalue weighted by Crippen LogP contribution is 2.33. The number of hydrogen-bond donors (Lipinski definition) is 2. The van der Waals surface area contributed by atoms with Gasteiger partial charge in [0.05, 0.1) is 5.54 Å². The average molecular weight is 222 g/mol. The minimum atomic E-state index is 0.0611. The summed E-state index contributed by atoms with van der Waals surface area (Å²) in [6, 6.07) is 0. The van der Waals surface area contributed by atoms with E-state index in [-0.39, 0.29) is 5.54 Å². The van der Waals surface area contributed by atoms with Gasteiger partial charge in [0, 0.05) is 26.0 Å². The molecule has 90 valence electrons. The first-order valence-electron chi connectivity index (χ1n) is 6.11. The third-order valence-corrected chi connectivity index (χ3v) is 3.82. The number of nitrogens with two attached hydrogens (primary N) is 1. The quantitative estimate of drug-likeness (QED) is 0.819. The Kier molecular flexibility index (Phi) is 3.19. The Hall–Kier alpha value is -1.03. The molecule has 0 amide bonds. The molecular formula is C12H22N4. The minimum absolute atomic E-state index is 0.0611. The molecule has 1 aliphatic rings. The van der Waals surface area contributed by atoms with Crippen molar-refractivity contribution in [3.8, 4) is 0 Å². The zero-order valence-electron chi connectivity index (χ0n) is 10.2. The van der Waals surface area contributed by atoms with Crippen LogP contribution in [-0.4, -0.2) is 21.6 Å². The third kappa shape index (κ3) is 2.21. The van der Waals surface area contributed by atoms with Gasteiger partial charge in [-0.1, -0.05) is 6.92 Å². The van der Waals surface area contributed by atoms with Gasteiger partial charge < -0.3 is 15.6 Å². The van der Waals surface area contributed by atoms with E-state index in [1.54, 1.807) is 0 Å².